The Bertz CT molecular complexity index is 837. The molecule has 0 N–H and O–H groups in total. The minimum Gasteiger partial charge on any atom is -0.434 e. The maximum Gasteiger partial charge on any atom is 0.513 e. The third kappa shape index (κ3) is 2.75. The summed E-state index contributed by atoms with van der Waals surface area (Å²) in [7, 11) is 0. The highest BCUT2D eigenvalue weighted by Crippen LogP contribution is 2.35. The smallest absolute Gasteiger partial charge is 0.434 e. The van der Waals surface area contributed by atoms with Crippen LogP contribution in [-0.4, -0.2) is 12.8 Å². The summed E-state index contributed by atoms with van der Waals surface area (Å²) in [6.07, 6.45) is 0.116. The molecule has 0 fully saturated rings. The Balaban J connectivity index is 2.16. The third-order valence-corrected chi connectivity index (χ3v) is 3.58. The van der Waals surface area contributed by atoms with Gasteiger partial charge in [0.25, 0.3) is 0 Å². The number of carbonyl (C=O) groups is 1. The van der Waals surface area contributed by atoms with Gasteiger partial charge >= 0.3 is 6.16 Å². The van der Waals surface area contributed by atoms with Crippen LogP contribution in [0.5, 0.6) is 5.75 Å². The maximum atomic E-state index is 11.9. The predicted octanol–water partition coefficient (Wildman–Crippen LogP) is 5.23. The molecule has 0 unspecified atom stereocenters. The summed E-state index contributed by atoms with van der Waals surface area (Å²) in [6.45, 7) is 4.36. The van der Waals surface area contributed by atoms with E-state index in [4.69, 9.17) is 9.47 Å². The molecule has 112 valence electrons. The van der Waals surface area contributed by atoms with Crippen LogP contribution in [0.2, 0.25) is 0 Å². The van der Waals surface area contributed by atoms with E-state index in [0.717, 1.165) is 28.0 Å². The van der Waals surface area contributed by atoms with Gasteiger partial charge in [-0.05, 0) is 30.2 Å². The van der Waals surface area contributed by atoms with Crippen molar-refractivity contribution in [2.45, 2.75) is 20.3 Å². The van der Waals surface area contributed by atoms with E-state index in [1.54, 1.807) is 0 Å². The molecule has 0 aliphatic heterocycles. The summed E-state index contributed by atoms with van der Waals surface area (Å²) in [4.78, 5) is 11.9. The molecule has 0 heterocycles. The average Bonchev–Trinajstić information content (AvgIpc) is 2.52. The molecule has 0 aromatic heterocycles. The molecule has 0 bridgehead atoms. The summed E-state index contributed by atoms with van der Waals surface area (Å²) < 4.78 is 10.6. The molecule has 0 aliphatic rings. The normalized spacial score (nSPS) is 10.8. The van der Waals surface area contributed by atoms with Gasteiger partial charge in [-0.3, -0.25) is 0 Å². The second-order valence-electron chi connectivity index (χ2n) is 5.35. The quantitative estimate of drug-likeness (QED) is 0.377. The zero-order valence-electron chi connectivity index (χ0n) is 12.8. The first-order chi connectivity index (χ1) is 10.7. The summed E-state index contributed by atoms with van der Waals surface area (Å²) in [5.74, 6) is 0.564. The zero-order valence-corrected chi connectivity index (χ0v) is 12.8. The molecule has 3 nitrogen and oxygen atoms in total. The first kappa shape index (κ1) is 14.4. The molecule has 3 aromatic carbocycles. The molecule has 0 saturated carbocycles. The minimum atomic E-state index is -0.653. The van der Waals surface area contributed by atoms with Crippen LogP contribution in [0, 0.1) is 6.92 Å². The highest BCUT2D eigenvalue weighted by molar-refractivity contribution is 6.06. The van der Waals surface area contributed by atoms with Crippen LogP contribution in [-0.2, 0) is 4.74 Å². The van der Waals surface area contributed by atoms with Gasteiger partial charge in [0.2, 0.25) is 0 Å². The molecule has 22 heavy (non-hydrogen) atoms. The van der Waals surface area contributed by atoms with Gasteiger partial charge in [-0.1, -0.05) is 55.0 Å². The first-order valence-corrected chi connectivity index (χ1v) is 7.46. The Morgan fingerprint density at radius 2 is 1.77 bits per heavy atom. The van der Waals surface area contributed by atoms with Crippen LogP contribution in [0.1, 0.15) is 18.9 Å². The van der Waals surface area contributed by atoms with Gasteiger partial charge in [-0.2, -0.15) is 0 Å². The van der Waals surface area contributed by atoms with Gasteiger partial charge in [-0.25, -0.2) is 4.79 Å². The van der Waals surface area contributed by atoms with Crippen LogP contribution in [0.15, 0.2) is 48.5 Å². The first-order valence-electron chi connectivity index (χ1n) is 7.46. The maximum absolute atomic E-state index is 11.9. The van der Waals surface area contributed by atoms with E-state index in [-0.39, 0.29) is 0 Å². The molecule has 3 heteroatoms. The SMILES string of the molecule is CCCOC(=O)Oc1c2ccccc2cc2cc(C)ccc12. The molecule has 0 amide bonds. The van der Waals surface area contributed by atoms with Crippen molar-refractivity contribution in [2.24, 2.45) is 0 Å². The van der Waals surface area contributed by atoms with Gasteiger partial charge in [0.05, 0.1) is 6.61 Å². The van der Waals surface area contributed by atoms with E-state index in [9.17, 15) is 4.79 Å². The van der Waals surface area contributed by atoms with Crippen molar-refractivity contribution < 1.29 is 14.3 Å². The van der Waals surface area contributed by atoms with E-state index in [0.29, 0.717) is 12.4 Å². The van der Waals surface area contributed by atoms with Crippen LogP contribution in [0.25, 0.3) is 21.5 Å². The Morgan fingerprint density at radius 1 is 1.00 bits per heavy atom. The number of aryl methyl sites for hydroxylation is 1. The van der Waals surface area contributed by atoms with Crippen LogP contribution in [0.3, 0.4) is 0 Å². The number of hydrogen-bond acceptors (Lipinski definition) is 3. The number of benzene rings is 3. The number of fused-ring (bicyclic) bond motifs is 2. The van der Waals surface area contributed by atoms with Gasteiger partial charge in [0, 0.05) is 10.8 Å². The van der Waals surface area contributed by atoms with Gasteiger partial charge < -0.3 is 9.47 Å². The Morgan fingerprint density at radius 3 is 2.59 bits per heavy atom. The molecule has 0 spiro atoms. The van der Waals surface area contributed by atoms with Gasteiger partial charge in [-0.15, -0.1) is 0 Å². The van der Waals surface area contributed by atoms with Crippen LogP contribution < -0.4 is 4.74 Å². The van der Waals surface area contributed by atoms with Crippen molar-refractivity contribution in [3.63, 3.8) is 0 Å². The fraction of sp³-hybridized carbons (Fsp3) is 0.211. The number of carbonyl (C=O) groups excluding carboxylic acids is 1. The summed E-state index contributed by atoms with van der Waals surface area (Å²) in [5.41, 5.74) is 1.17. The van der Waals surface area contributed by atoms with Crippen molar-refractivity contribution in [2.75, 3.05) is 6.61 Å². The predicted molar refractivity (Wildman–Crippen MR) is 88.5 cm³/mol. The van der Waals surface area contributed by atoms with E-state index >= 15 is 0 Å². The lowest BCUT2D eigenvalue weighted by atomic mass is 10.0. The molecular formula is C19H18O3. The Kier molecular flexibility index (Phi) is 3.96. The summed E-state index contributed by atoms with van der Waals surface area (Å²) >= 11 is 0. The fourth-order valence-corrected chi connectivity index (χ4v) is 2.56. The van der Waals surface area contributed by atoms with Gasteiger partial charge in [0.15, 0.2) is 0 Å². The molecule has 3 aromatic rings. The standard InChI is InChI=1S/C19H18O3/c1-3-10-21-19(20)22-18-16-7-5-4-6-14(16)12-15-11-13(2)8-9-17(15)18/h4-9,11-12H,3,10H2,1-2H3. The highest BCUT2D eigenvalue weighted by Gasteiger charge is 2.13. The zero-order chi connectivity index (χ0) is 15.5. The van der Waals surface area contributed by atoms with Crippen molar-refractivity contribution in [3.8, 4) is 5.75 Å². The number of ether oxygens (including phenoxy) is 2. The topological polar surface area (TPSA) is 35.5 Å². The number of hydrogen-bond donors (Lipinski definition) is 0. The lowest BCUT2D eigenvalue weighted by Crippen LogP contribution is -2.11. The summed E-state index contributed by atoms with van der Waals surface area (Å²) in [5, 5.41) is 3.92. The highest BCUT2D eigenvalue weighted by atomic mass is 16.7. The van der Waals surface area contributed by atoms with Crippen molar-refractivity contribution in [1.29, 1.82) is 0 Å². The molecule has 0 saturated heterocycles. The molecule has 0 radical (unpaired) electrons. The third-order valence-electron chi connectivity index (χ3n) is 3.58. The largest absolute Gasteiger partial charge is 0.513 e. The van der Waals surface area contributed by atoms with E-state index in [1.165, 1.54) is 5.56 Å². The minimum absolute atomic E-state index is 0.362. The van der Waals surface area contributed by atoms with E-state index in [2.05, 4.69) is 12.1 Å². The molecular weight excluding hydrogens is 276 g/mol. The Hall–Kier alpha value is -2.55. The van der Waals surface area contributed by atoms with Crippen LogP contribution in [0.4, 0.5) is 4.79 Å². The average molecular weight is 294 g/mol. The Labute approximate surface area is 129 Å². The van der Waals surface area contributed by atoms with E-state index < -0.39 is 6.16 Å². The summed E-state index contributed by atoms with van der Waals surface area (Å²) in [6, 6.07) is 16.1. The second kappa shape index (κ2) is 6.06. The van der Waals surface area contributed by atoms with Crippen LogP contribution >= 0.6 is 0 Å². The second-order valence-corrected chi connectivity index (χ2v) is 5.35. The van der Waals surface area contributed by atoms with Gasteiger partial charge in [0.1, 0.15) is 5.75 Å². The molecule has 3 rings (SSSR count). The molecule has 0 aliphatic carbocycles. The number of rotatable bonds is 3. The lowest BCUT2D eigenvalue weighted by Gasteiger charge is -2.12. The van der Waals surface area contributed by atoms with Crippen molar-refractivity contribution in [1.82, 2.24) is 0 Å². The monoisotopic (exact) mass is 294 g/mol. The van der Waals surface area contributed by atoms with E-state index in [1.807, 2.05) is 50.2 Å². The lowest BCUT2D eigenvalue weighted by molar-refractivity contribution is 0.100. The molecule has 0 atom stereocenters. The van der Waals surface area contributed by atoms with Crippen molar-refractivity contribution in [3.05, 3.63) is 54.1 Å². The van der Waals surface area contributed by atoms with Crippen molar-refractivity contribution >= 4 is 27.7 Å². The fourth-order valence-electron chi connectivity index (χ4n) is 2.56.